The lowest BCUT2D eigenvalue weighted by molar-refractivity contribution is 0.102. The summed E-state index contributed by atoms with van der Waals surface area (Å²) in [5.41, 5.74) is 8.73. The molecule has 0 radical (unpaired) electrons. The van der Waals surface area contributed by atoms with Gasteiger partial charge in [-0.05, 0) is 30.5 Å². The molecule has 0 atom stereocenters. The zero-order valence-corrected chi connectivity index (χ0v) is 11.8. The second kappa shape index (κ2) is 5.57. The van der Waals surface area contributed by atoms with Gasteiger partial charge in [0.25, 0.3) is 5.91 Å². The summed E-state index contributed by atoms with van der Waals surface area (Å²) in [6.07, 6.45) is 3.92. The molecular formula is C15H18N4O2. The molecule has 21 heavy (non-hydrogen) atoms. The van der Waals surface area contributed by atoms with Crippen LogP contribution < -0.4 is 15.8 Å². The Morgan fingerprint density at radius 1 is 1.52 bits per heavy atom. The number of amides is 1. The minimum absolute atomic E-state index is 0.217. The van der Waals surface area contributed by atoms with E-state index in [1.807, 2.05) is 6.07 Å². The molecule has 3 rings (SSSR count). The van der Waals surface area contributed by atoms with Gasteiger partial charge in [0.1, 0.15) is 5.75 Å². The number of nitrogens with two attached hydrogens (primary N) is 1. The Bertz CT molecular complexity index is 661. The maximum atomic E-state index is 12.5. The molecule has 0 unspecified atom stereocenters. The summed E-state index contributed by atoms with van der Waals surface area (Å²) in [4.78, 5) is 12.5. The highest BCUT2D eigenvalue weighted by atomic mass is 16.5. The highest BCUT2D eigenvalue weighted by molar-refractivity contribution is 6.06. The fourth-order valence-corrected chi connectivity index (χ4v) is 2.33. The van der Waals surface area contributed by atoms with Crippen LogP contribution in [0, 0.1) is 0 Å². The molecule has 0 spiro atoms. The van der Waals surface area contributed by atoms with Crippen molar-refractivity contribution in [2.45, 2.75) is 25.3 Å². The van der Waals surface area contributed by atoms with Gasteiger partial charge in [0.2, 0.25) is 0 Å². The molecule has 1 aliphatic carbocycles. The highest BCUT2D eigenvalue weighted by Crippen LogP contribution is 2.42. The second-order valence-corrected chi connectivity index (χ2v) is 5.16. The predicted molar refractivity (Wildman–Crippen MR) is 79.4 cm³/mol. The molecule has 1 heterocycles. The summed E-state index contributed by atoms with van der Waals surface area (Å²) < 4.78 is 5.25. The minimum Gasteiger partial charge on any atom is -0.496 e. The number of aromatic nitrogens is 2. The summed E-state index contributed by atoms with van der Waals surface area (Å²) >= 11 is 0. The molecule has 1 fully saturated rings. The van der Waals surface area contributed by atoms with E-state index in [1.165, 1.54) is 0 Å². The van der Waals surface area contributed by atoms with E-state index in [1.54, 1.807) is 25.4 Å². The summed E-state index contributed by atoms with van der Waals surface area (Å²) in [5.74, 6) is 0.798. The van der Waals surface area contributed by atoms with Crippen LogP contribution in [0.3, 0.4) is 0 Å². The topological polar surface area (TPSA) is 93.0 Å². The van der Waals surface area contributed by atoms with Crippen molar-refractivity contribution in [2.75, 3.05) is 12.4 Å². The normalized spacial score (nSPS) is 14.0. The van der Waals surface area contributed by atoms with Crippen LogP contribution >= 0.6 is 0 Å². The van der Waals surface area contributed by atoms with Crippen LogP contribution in [0.25, 0.3) is 0 Å². The van der Waals surface area contributed by atoms with Gasteiger partial charge in [-0.25, -0.2) is 0 Å². The van der Waals surface area contributed by atoms with Gasteiger partial charge in [0, 0.05) is 12.5 Å². The van der Waals surface area contributed by atoms with E-state index in [4.69, 9.17) is 10.5 Å². The molecule has 0 aliphatic heterocycles. The molecule has 6 nitrogen and oxygen atoms in total. The molecule has 1 aliphatic rings. The van der Waals surface area contributed by atoms with Crippen LogP contribution in [0.1, 0.15) is 40.4 Å². The molecule has 6 heteroatoms. The number of nitrogens with one attached hydrogen (secondary N) is 2. The number of ether oxygens (including phenoxy) is 1. The van der Waals surface area contributed by atoms with Gasteiger partial charge >= 0.3 is 0 Å². The van der Waals surface area contributed by atoms with Crippen molar-refractivity contribution in [3.8, 4) is 5.75 Å². The first-order valence-corrected chi connectivity index (χ1v) is 6.94. The number of H-pyrrole nitrogens is 1. The maximum Gasteiger partial charge on any atom is 0.259 e. The van der Waals surface area contributed by atoms with Crippen molar-refractivity contribution in [1.82, 2.24) is 10.2 Å². The Morgan fingerprint density at radius 2 is 2.33 bits per heavy atom. The first kappa shape index (κ1) is 13.6. The molecule has 1 saturated carbocycles. The monoisotopic (exact) mass is 286 g/mol. The Morgan fingerprint density at radius 3 is 3.00 bits per heavy atom. The lowest BCUT2D eigenvalue weighted by Crippen LogP contribution is -2.14. The van der Waals surface area contributed by atoms with Gasteiger partial charge in [-0.1, -0.05) is 6.07 Å². The van der Waals surface area contributed by atoms with E-state index >= 15 is 0 Å². The number of methoxy groups -OCH3 is 1. The number of nitrogens with zero attached hydrogens (tertiary/aromatic N) is 1. The van der Waals surface area contributed by atoms with Crippen LogP contribution in [-0.4, -0.2) is 23.2 Å². The van der Waals surface area contributed by atoms with E-state index < -0.39 is 0 Å². The quantitative estimate of drug-likeness (QED) is 0.783. The molecule has 0 saturated heterocycles. The highest BCUT2D eigenvalue weighted by Gasteiger charge is 2.28. The molecular weight excluding hydrogens is 268 g/mol. The third kappa shape index (κ3) is 2.75. The molecule has 2 aromatic rings. The Kier molecular flexibility index (Phi) is 3.62. The van der Waals surface area contributed by atoms with E-state index in [0.717, 1.165) is 29.8 Å². The fraction of sp³-hybridized carbons (Fsp3) is 0.333. The van der Waals surface area contributed by atoms with Gasteiger partial charge < -0.3 is 15.8 Å². The van der Waals surface area contributed by atoms with Crippen LogP contribution in [0.15, 0.2) is 24.4 Å². The fourth-order valence-electron chi connectivity index (χ4n) is 2.33. The minimum atomic E-state index is -0.217. The van der Waals surface area contributed by atoms with E-state index in [9.17, 15) is 4.79 Å². The van der Waals surface area contributed by atoms with Crippen molar-refractivity contribution in [3.63, 3.8) is 0 Å². The first-order chi connectivity index (χ1) is 10.2. The third-order valence-corrected chi connectivity index (χ3v) is 3.65. The maximum absolute atomic E-state index is 12.5. The largest absolute Gasteiger partial charge is 0.496 e. The zero-order chi connectivity index (χ0) is 14.8. The van der Waals surface area contributed by atoms with Gasteiger partial charge in [-0.3, -0.25) is 9.89 Å². The van der Waals surface area contributed by atoms with Crippen LogP contribution in [0.4, 0.5) is 5.69 Å². The summed E-state index contributed by atoms with van der Waals surface area (Å²) in [5, 5.41) is 9.88. The Hall–Kier alpha value is -2.34. The van der Waals surface area contributed by atoms with Crippen molar-refractivity contribution < 1.29 is 9.53 Å². The number of carbonyl (C=O) groups is 1. The number of hydrogen-bond acceptors (Lipinski definition) is 4. The molecule has 0 bridgehead atoms. The lowest BCUT2D eigenvalue weighted by atomic mass is 10.1. The van der Waals surface area contributed by atoms with Crippen molar-refractivity contribution in [3.05, 3.63) is 41.2 Å². The Labute approximate surface area is 122 Å². The third-order valence-electron chi connectivity index (χ3n) is 3.65. The van der Waals surface area contributed by atoms with Crippen molar-refractivity contribution >= 4 is 11.6 Å². The molecule has 4 N–H and O–H groups in total. The van der Waals surface area contributed by atoms with Gasteiger partial charge in [0.15, 0.2) is 0 Å². The number of hydrogen-bond donors (Lipinski definition) is 3. The number of benzene rings is 1. The smallest absolute Gasteiger partial charge is 0.259 e. The number of carbonyl (C=O) groups excluding carboxylic acids is 1. The average molecular weight is 286 g/mol. The Balaban J connectivity index is 1.85. The van der Waals surface area contributed by atoms with Crippen LogP contribution in [-0.2, 0) is 6.54 Å². The van der Waals surface area contributed by atoms with E-state index in [0.29, 0.717) is 23.8 Å². The standard InChI is InChI=1S/C15H18N4O2/c1-21-13-5-2-9(7-16)6-11(13)15(20)18-12-8-17-19-14(12)10-3-4-10/h2,5-6,8,10H,3-4,7,16H2,1H3,(H,17,19)(H,18,20). The number of rotatable bonds is 5. The zero-order valence-electron chi connectivity index (χ0n) is 11.8. The second-order valence-electron chi connectivity index (χ2n) is 5.16. The van der Waals surface area contributed by atoms with Crippen molar-refractivity contribution in [2.24, 2.45) is 5.73 Å². The van der Waals surface area contributed by atoms with Crippen LogP contribution in [0.2, 0.25) is 0 Å². The molecule has 1 aromatic carbocycles. The first-order valence-electron chi connectivity index (χ1n) is 6.94. The average Bonchev–Trinajstić information content (AvgIpc) is 3.26. The summed E-state index contributed by atoms with van der Waals surface area (Å²) in [6, 6.07) is 5.36. The molecule has 1 amide bonds. The van der Waals surface area contributed by atoms with Gasteiger partial charge in [-0.2, -0.15) is 5.10 Å². The van der Waals surface area contributed by atoms with Gasteiger partial charge in [-0.15, -0.1) is 0 Å². The lowest BCUT2D eigenvalue weighted by Gasteiger charge is -2.10. The van der Waals surface area contributed by atoms with E-state index in [2.05, 4.69) is 15.5 Å². The van der Waals surface area contributed by atoms with Gasteiger partial charge in [0.05, 0.1) is 30.3 Å². The number of aromatic amines is 1. The summed E-state index contributed by atoms with van der Waals surface area (Å²) in [7, 11) is 1.54. The molecule has 1 aromatic heterocycles. The summed E-state index contributed by atoms with van der Waals surface area (Å²) in [6.45, 7) is 0.378. The number of anilines is 1. The van der Waals surface area contributed by atoms with Crippen LogP contribution in [0.5, 0.6) is 5.75 Å². The molecule has 110 valence electrons. The SMILES string of the molecule is COc1ccc(CN)cc1C(=O)Nc1cn[nH]c1C1CC1. The van der Waals surface area contributed by atoms with Crippen molar-refractivity contribution in [1.29, 1.82) is 0 Å². The van der Waals surface area contributed by atoms with E-state index in [-0.39, 0.29) is 5.91 Å². The predicted octanol–water partition coefficient (Wildman–Crippen LogP) is 2.01.